The van der Waals surface area contributed by atoms with E-state index in [1.54, 1.807) is 6.20 Å². The van der Waals surface area contributed by atoms with Crippen molar-refractivity contribution in [1.82, 2.24) is 9.88 Å². The highest BCUT2D eigenvalue weighted by Gasteiger charge is 2.40. The van der Waals surface area contributed by atoms with E-state index in [9.17, 15) is 22.8 Å². The molecule has 2 rings (SSSR count). The second-order valence-electron chi connectivity index (χ2n) is 5.43. The number of benzene rings is 1. The molecule has 1 aromatic heterocycles. The normalized spacial score (nSPS) is 12.9. The summed E-state index contributed by atoms with van der Waals surface area (Å²) in [5.41, 5.74) is 1.65. The Morgan fingerprint density at radius 3 is 2.58 bits per heavy atom. The molecule has 130 valence electrons. The van der Waals surface area contributed by atoms with Gasteiger partial charge < -0.3 is 14.6 Å². The molecule has 1 heterocycles. The first-order valence-corrected chi connectivity index (χ1v) is 7.19. The van der Waals surface area contributed by atoms with Crippen molar-refractivity contribution in [2.75, 3.05) is 7.11 Å². The number of carbonyl (C=O) groups excluding carboxylic acids is 2. The predicted octanol–water partition coefficient (Wildman–Crippen LogP) is 2.33. The molecule has 0 fully saturated rings. The summed E-state index contributed by atoms with van der Waals surface area (Å²) in [6.07, 6.45) is -3.50. The molecule has 8 heteroatoms. The van der Waals surface area contributed by atoms with Crippen LogP contribution < -0.4 is 5.32 Å². The Bertz CT molecular complexity index is 753. The van der Waals surface area contributed by atoms with Crippen LogP contribution in [0.1, 0.15) is 12.0 Å². The lowest BCUT2D eigenvalue weighted by molar-refractivity contribution is -0.174. The lowest BCUT2D eigenvalue weighted by Gasteiger charge is -2.18. The molecule has 1 amide bonds. The largest absolute Gasteiger partial charge is 0.471 e. The van der Waals surface area contributed by atoms with E-state index < -0.39 is 24.1 Å². The summed E-state index contributed by atoms with van der Waals surface area (Å²) in [4.78, 5) is 22.7. The van der Waals surface area contributed by atoms with E-state index in [1.807, 2.05) is 41.2 Å². The molecule has 0 saturated heterocycles. The Kier molecular flexibility index (Phi) is 5.16. The van der Waals surface area contributed by atoms with E-state index in [0.29, 0.717) is 0 Å². The number of amides is 1. The Balaban J connectivity index is 2.26. The number of nitrogens with zero attached hydrogens (tertiary/aromatic N) is 1. The second-order valence-corrected chi connectivity index (χ2v) is 5.43. The molecule has 0 radical (unpaired) electrons. The average Bonchev–Trinajstić information content (AvgIpc) is 2.83. The summed E-state index contributed by atoms with van der Waals surface area (Å²) in [5, 5.41) is 2.73. The molecule has 0 aliphatic rings. The Labute approximate surface area is 136 Å². The van der Waals surface area contributed by atoms with Gasteiger partial charge in [0.15, 0.2) is 0 Å². The van der Waals surface area contributed by atoms with E-state index in [-0.39, 0.29) is 12.8 Å². The molecule has 1 N–H and O–H groups in total. The first-order valence-electron chi connectivity index (χ1n) is 7.19. The van der Waals surface area contributed by atoms with Crippen LogP contribution in [0.3, 0.4) is 0 Å². The number of halogens is 3. The van der Waals surface area contributed by atoms with Crippen molar-refractivity contribution in [1.29, 1.82) is 0 Å². The van der Waals surface area contributed by atoms with Gasteiger partial charge in [0.25, 0.3) is 0 Å². The third kappa shape index (κ3) is 4.06. The summed E-state index contributed by atoms with van der Waals surface area (Å²) >= 11 is 0. The molecular formula is C16H17F3N2O3. The van der Waals surface area contributed by atoms with Crippen molar-refractivity contribution >= 4 is 22.8 Å². The van der Waals surface area contributed by atoms with Gasteiger partial charge in [0, 0.05) is 30.2 Å². The van der Waals surface area contributed by atoms with Crippen LogP contribution in [0.4, 0.5) is 13.2 Å². The second kappa shape index (κ2) is 6.94. The van der Waals surface area contributed by atoms with Gasteiger partial charge in [0.2, 0.25) is 0 Å². The number of alkyl halides is 3. The zero-order valence-corrected chi connectivity index (χ0v) is 13.2. The topological polar surface area (TPSA) is 60.3 Å². The van der Waals surface area contributed by atoms with E-state index in [4.69, 9.17) is 0 Å². The van der Waals surface area contributed by atoms with Gasteiger partial charge >= 0.3 is 18.1 Å². The zero-order chi connectivity index (χ0) is 17.9. The number of para-hydroxylation sites is 1. The fraction of sp³-hybridized carbons (Fsp3) is 0.375. The van der Waals surface area contributed by atoms with E-state index >= 15 is 0 Å². The van der Waals surface area contributed by atoms with Gasteiger partial charge in [-0.15, -0.1) is 0 Å². The Morgan fingerprint density at radius 2 is 1.96 bits per heavy atom. The van der Waals surface area contributed by atoms with Crippen molar-refractivity contribution in [2.24, 2.45) is 7.05 Å². The van der Waals surface area contributed by atoms with Crippen molar-refractivity contribution in [3.8, 4) is 0 Å². The van der Waals surface area contributed by atoms with Crippen LogP contribution in [0.25, 0.3) is 10.9 Å². The molecular weight excluding hydrogens is 325 g/mol. The molecule has 0 aliphatic heterocycles. The number of esters is 1. The van der Waals surface area contributed by atoms with Crippen LogP contribution in [-0.2, 0) is 27.8 Å². The van der Waals surface area contributed by atoms with Crippen molar-refractivity contribution in [3.63, 3.8) is 0 Å². The highest BCUT2D eigenvalue weighted by molar-refractivity contribution is 5.85. The molecule has 0 aliphatic carbocycles. The van der Waals surface area contributed by atoms with Gasteiger partial charge in [-0.3, -0.25) is 9.59 Å². The fourth-order valence-corrected chi connectivity index (χ4v) is 2.58. The number of hydrogen-bond acceptors (Lipinski definition) is 3. The monoisotopic (exact) mass is 342 g/mol. The molecule has 1 atom stereocenters. The number of aromatic nitrogens is 1. The van der Waals surface area contributed by atoms with E-state index in [1.165, 1.54) is 0 Å². The smallest absolute Gasteiger partial charge is 0.469 e. The number of aryl methyl sites for hydroxylation is 1. The standard InChI is InChI=1S/C16H17F3N2O3/c1-21-9-10(12-5-3-4-6-13(12)21)7-11(8-14(22)24-2)20-15(23)16(17,18)19/h3-6,9,11H,7-8H2,1-2H3,(H,20,23). The van der Waals surface area contributed by atoms with Crippen LogP contribution in [0.2, 0.25) is 0 Å². The first kappa shape index (κ1) is 17.8. The minimum absolute atomic E-state index is 0.0816. The lowest BCUT2D eigenvalue weighted by atomic mass is 10.0. The average molecular weight is 342 g/mol. The highest BCUT2D eigenvalue weighted by atomic mass is 19.4. The predicted molar refractivity (Wildman–Crippen MR) is 81.2 cm³/mol. The molecule has 5 nitrogen and oxygen atoms in total. The lowest BCUT2D eigenvalue weighted by Crippen LogP contribution is -2.45. The first-order chi connectivity index (χ1) is 11.2. The minimum Gasteiger partial charge on any atom is -0.469 e. The summed E-state index contributed by atoms with van der Waals surface area (Å²) < 4.78 is 43.8. The van der Waals surface area contributed by atoms with Gasteiger partial charge in [0.1, 0.15) is 0 Å². The molecule has 0 saturated carbocycles. The van der Waals surface area contributed by atoms with Crippen LogP contribution in [0.15, 0.2) is 30.5 Å². The zero-order valence-electron chi connectivity index (χ0n) is 13.2. The number of ether oxygens (including phenoxy) is 1. The molecule has 0 spiro atoms. The third-order valence-electron chi connectivity index (χ3n) is 3.68. The molecule has 0 bridgehead atoms. The minimum atomic E-state index is -5.01. The molecule has 2 aromatic rings. The maximum atomic E-state index is 12.5. The highest BCUT2D eigenvalue weighted by Crippen LogP contribution is 2.23. The molecule has 24 heavy (non-hydrogen) atoms. The quantitative estimate of drug-likeness (QED) is 0.849. The summed E-state index contributed by atoms with van der Waals surface area (Å²) in [5.74, 6) is -2.76. The van der Waals surface area contributed by atoms with Crippen LogP contribution in [0, 0.1) is 0 Å². The molecule has 1 unspecified atom stereocenters. The van der Waals surface area contributed by atoms with Gasteiger partial charge in [-0.2, -0.15) is 13.2 Å². The summed E-state index contributed by atoms with van der Waals surface area (Å²) in [6.45, 7) is 0. The van der Waals surface area contributed by atoms with E-state index in [2.05, 4.69) is 4.74 Å². The Hall–Kier alpha value is -2.51. The maximum Gasteiger partial charge on any atom is 0.471 e. The maximum absolute atomic E-state index is 12.5. The number of rotatable bonds is 5. The van der Waals surface area contributed by atoms with Gasteiger partial charge in [-0.05, 0) is 18.1 Å². The van der Waals surface area contributed by atoms with Crippen molar-refractivity contribution in [2.45, 2.75) is 25.1 Å². The van der Waals surface area contributed by atoms with Crippen LogP contribution in [0.5, 0.6) is 0 Å². The number of fused-ring (bicyclic) bond motifs is 1. The Morgan fingerprint density at radius 1 is 1.29 bits per heavy atom. The molecule has 1 aromatic carbocycles. The number of methoxy groups -OCH3 is 1. The SMILES string of the molecule is COC(=O)CC(Cc1cn(C)c2ccccc12)NC(=O)C(F)(F)F. The number of nitrogens with one attached hydrogen (secondary N) is 1. The van der Waals surface area contributed by atoms with Gasteiger partial charge in [0.05, 0.1) is 13.5 Å². The summed E-state index contributed by atoms with van der Waals surface area (Å²) in [6, 6.07) is 6.37. The fourth-order valence-electron chi connectivity index (χ4n) is 2.58. The van der Waals surface area contributed by atoms with Gasteiger partial charge in [-0.25, -0.2) is 0 Å². The van der Waals surface area contributed by atoms with Gasteiger partial charge in [-0.1, -0.05) is 18.2 Å². The van der Waals surface area contributed by atoms with Crippen LogP contribution >= 0.6 is 0 Å². The third-order valence-corrected chi connectivity index (χ3v) is 3.68. The number of hydrogen-bond donors (Lipinski definition) is 1. The van der Waals surface area contributed by atoms with Crippen molar-refractivity contribution < 1.29 is 27.5 Å². The number of carbonyl (C=O) groups is 2. The van der Waals surface area contributed by atoms with Crippen molar-refractivity contribution in [3.05, 3.63) is 36.0 Å². The summed E-state index contributed by atoms with van der Waals surface area (Å²) in [7, 11) is 2.96. The van der Waals surface area contributed by atoms with Crippen LogP contribution in [-0.4, -0.2) is 35.8 Å². The van der Waals surface area contributed by atoms with E-state index in [0.717, 1.165) is 23.6 Å².